The van der Waals surface area contributed by atoms with Crippen molar-refractivity contribution in [3.63, 3.8) is 0 Å². The van der Waals surface area contributed by atoms with Crippen molar-refractivity contribution in [3.8, 4) is 0 Å². The maximum Gasteiger partial charge on any atom is 0.290 e. The number of amides is 2. The Kier molecular flexibility index (Phi) is 8.13. The van der Waals surface area contributed by atoms with Crippen molar-refractivity contribution in [2.75, 3.05) is 20.1 Å². The first-order chi connectivity index (χ1) is 15.9. The first kappa shape index (κ1) is 23.9. The lowest BCUT2D eigenvalue weighted by Gasteiger charge is -2.19. The SMILES string of the molecule is CC(=O)N1CCC(Cc2cccc(C(=O)N(C)Cc3cccc4cccnc34)c2)C1.O=CO. The molecule has 1 aromatic heterocycles. The molecule has 1 saturated heterocycles. The van der Waals surface area contributed by atoms with Gasteiger partial charge in [0.05, 0.1) is 5.52 Å². The highest BCUT2D eigenvalue weighted by molar-refractivity contribution is 5.94. The van der Waals surface area contributed by atoms with E-state index in [9.17, 15) is 9.59 Å². The van der Waals surface area contributed by atoms with E-state index in [1.165, 1.54) is 0 Å². The lowest BCUT2D eigenvalue weighted by molar-refractivity contribution is -0.128. The number of hydrogen-bond donors (Lipinski definition) is 1. The number of benzene rings is 2. The van der Waals surface area contributed by atoms with Gasteiger partial charge in [0.2, 0.25) is 5.91 Å². The zero-order valence-electron chi connectivity index (χ0n) is 19.0. The molecular weight excluding hydrogens is 418 g/mol. The number of hydrogen-bond acceptors (Lipinski definition) is 4. The molecule has 1 aliphatic rings. The van der Waals surface area contributed by atoms with Crippen molar-refractivity contribution >= 4 is 29.2 Å². The van der Waals surface area contributed by atoms with Crippen LogP contribution >= 0.6 is 0 Å². The number of para-hydroxylation sites is 1. The zero-order valence-corrected chi connectivity index (χ0v) is 19.0. The fourth-order valence-corrected chi connectivity index (χ4v) is 4.29. The van der Waals surface area contributed by atoms with Crippen LogP contribution in [-0.2, 0) is 22.6 Å². The standard InChI is InChI=1S/C25H27N3O2.CH2O2/c1-18(29)28-13-11-20(16-28)14-19-6-3-8-22(15-19)25(30)27(2)17-23-9-4-7-21-10-5-12-26-24(21)23;2-1-3/h3-10,12,15,20H,11,13-14,16-17H2,1-2H3;1H,(H,2,3). The number of carbonyl (C=O) groups is 3. The summed E-state index contributed by atoms with van der Waals surface area (Å²) in [5, 5.41) is 7.97. The average molecular weight is 448 g/mol. The van der Waals surface area contributed by atoms with Crippen LogP contribution < -0.4 is 0 Å². The average Bonchev–Trinajstić information content (AvgIpc) is 3.28. The quantitative estimate of drug-likeness (QED) is 0.604. The van der Waals surface area contributed by atoms with Gasteiger partial charge in [-0.2, -0.15) is 0 Å². The van der Waals surface area contributed by atoms with Crippen LogP contribution in [0.15, 0.2) is 60.8 Å². The minimum absolute atomic E-state index is 0.00145. The third-order valence-corrected chi connectivity index (χ3v) is 5.90. The number of pyridine rings is 1. The van der Waals surface area contributed by atoms with Crippen molar-refractivity contribution in [2.24, 2.45) is 5.92 Å². The number of likely N-dealkylation sites (tertiary alicyclic amines) is 1. The van der Waals surface area contributed by atoms with E-state index in [1.54, 1.807) is 18.0 Å². The van der Waals surface area contributed by atoms with E-state index in [4.69, 9.17) is 9.90 Å². The predicted molar refractivity (Wildman–Crippen MR) is 127 cm³/mol. The van der Waals surface area contributed by atoms with Gasteiger partial charge in [-0.25, -0.2) is 0 Å². The summed E-state index contributed by atoms with van der Waals surface area (Å²) >= 11 is 0. The van der Waals surface area contributed by atoms with E-state index >= 15 is 0 Å². The van der Waals surface area contributed by atoms with Crippen LogP contribution in [-0.4, -0.2) is 58.3 Å². The molecule has 1 fully saturated rings. The fraction of sp³-hybridized carbons (Fsp3) is 0.308. The Hall–Kier alpha value is -3.74. The molecule has 172 valence electrons. The summed E-state index contributed by atoms with van der Waals surface area (Å²) in [5.74, 6) is 0.603. The van der Waals surface area contributed by atoms with Crippen LogP contribution in [0.4, 0.5) is 0 Å². The van der Waals surface area contributed by atoms with Gasteiger partial charge in [0.25, 0.3) is 12.4 Å². The van der Waals surface area contributed by atoms with E-state index in [0.29, 0.717) is 18.0 Å². The Morgan fingerprint density at radius 1 is 1.18 bits per heavy atom. The predicted octanol–water partition coefficient (Wildman–Crippen LogP) is 3.62. The Labute approximate surface area is 193 Å². The first-order valence-electron chi connectivity index (χ1n) is 10.9. The van der Waals surface area contributed by atoms with E-state index in [0.717, 1.165) is 48.0 Å². The summed E-state index contributed by atoms with van der Waals surface area (Å²) in [6.07, 6.45) is 3.70. The number of nitrogens with zero attached hydrogens (tertiary/aromatic N) is 3. The minimum Gasteiger partial charge on any atom is -0.483 e. The normalized spacial score (nSPS) is 15.0. The van der Waals surface area contributed by atoms with Crippen LogP contribution in [0, 0.1) is 5.92 Å². The second-order valence-electron chi connectivity index (χ2n) is 8.28. The molecule has 2 aromatic carbocycles. The molecule has 33 heavy (non-hydrogen) atoms. The van der Waals surface area contributed by atoms with Crippen molar-refractivity contribution in [1.82, 2.24) is 14.8 Å². The maximum absolute atomic E-state index is 13.1. The second-order valence-corrected chi connectivity index (χ2v) is 8.28. The third-order valence-electron chi connectivity index (χ3n) is 5.90. The summed E-state index contributed by atoms with van der Waals surface area (Å²) < 4.78 is 0. The van der Waals surface area contributed by atoms with Crippen molar-refractivity contribution in [2.45, 2.75) is 26.3 Å². The number of carbonyl (C=O) groups excluding carboxylic acids is 2. The molecule has 3 aromatic rings. The van der Waals surface area contributed by atoms with E-state index < -0.39 is 0 Å². The molecule has 1 aliphatic heterocycles. The van der Waals surface area contributed by atoms with Gasteiger partial charge >= 0.3 is 0 Å². The Balaban J connectivity index is 0.000000968. The second kappa shape index (κ2) is 11.2. The van der Waals surface area contributed by atoms with Crippen LogP contribution in [0.3, 0.4) is 0 Å². The van der Waals surface area contributed by atoms with Gasteiger partial charge in [-0.15, -0.1) is 0 Å². The van der Waals surface area contributed by atoms with E-state index in [2.05, 4.69) is 11.1 Å². The number of rotatable bonds is 5. The number of carboxylic acid groups (broad SMARTS) is 1. The molecule has 7 nitrogen and oxygen atoms in total. The highest BCUT2D eigenvalue weighted by Gasteiger charge is 2.24. The molecule has 1 atom stereocenters. The minimum atomic E-state index is -0.250. The van der Waals surface area contributed by atoms with Crippen molar-refractivity contribution in [3.05, 3.63) is 77.5 Å². The molecule has 0 radical (unpaired) electrons. The van der Waals surface area contributed by atoms with Gasteiger partial charge in [0, 0.05) is 50.8 Å². The Bertz CT molecular complexity index is 1130. The van der Waals surface area contributed by atoms with E-state index in [-0.39, 0.29) is 18.3 Å². The van der Waals surface area contributed by atoms with Crippen LogP contribution in [0.1, 0.15) is 34.8 Å². The molecule has 0 bridgehead atoms. The molecule has 2 amide bonds. The molecule has 7 heteroatoms. The van der Waals surface area contributed by atoms with Gasteiger partial charge in [-0.1, -0.05) is 36.4 Å². The molecule has 4 rings (SSSR count). The topological polar surface area (TPSA) is 90.8 Å². The van der Waals surface area contributed by atoms with Crippen molar-refractivity contribution < 1.29 is 19.5 Å². The molecule has 1 unspecified atom stereocenters. The lowest BCUT2D eigenvalue weighted by atomic mass is 9.97. The largest absolute Gasteiger partial charge is 0.483 e. The summed E-state index contributed by atoms with van der Waals surface area (Å²) in [4.78, 5) is 41.1. The molecule has 0 spiro atoms. The summed E-state index contributed by atoms with van der Waals surface area (Å²) in [5.41, 5.74) is 3.82. The third kappa shape index (κ3) is 6.16. The monoisotopic (exact) mass is 447 g/mol. The zero-order chi connectivity index (χ0) is 23.8. The van der Waals surface area contributed by atoms with Gasteiger partial charge < -0.3 is 14.9 Å². The van der Waals surface area contributed by atoms with Crippen LogP contribution in [0.5, 0.6) is 0 Å². The van der Waals surface area contributed by atoms with Gasteiger partial charge in [0.1, 0.15) is 0 Å². The van der Waals surface area contributed by atoms with E-state index in [1.807, 2.05) is 60.5 Å². The highest BCUT2D eigenvalue weighted by atomic mass is 16.3. The summed E-state index contributed by atoms with van der Waals surface area (Å²) in [6, 6.07) is 17.9. The number of fused-ring (bicyclic) bond motifs is 1. The highest BCUT2D eigenvalue weighted by Crippen LogP contribution is 2.22. The smallest absolute Gasteiger partial charge is 0.290 e. The lowest BCUT2D eigenvalue weighted by Crippen LogP contribution is -2.27. The van der Waals surface area contributed by atoms with Crippen molar-refractivity contribution in [1.29, 1.82) is 0 Å². The van der Waals surface area contributed by atoms with Gasteiger partial charge in [-0.3, -0.25) is 19.4 Å². The fourth-order valence-electron chi connectivity index (χ4n) is 4.29. The Morgan fingerprint density at radius 3 is 2.64 bits per heavy atom. The van der Waals surface area contributed by atoms with Crippen LogP contribution in [0.2, 0.25) is 0 Å². The maximum atomic E-state index is 13.1. The molecule has 2 heterocycles. The molecule has 0 saturated carbocycles. The number of aromatic nitrogens is 1. The van der Waals surface area contributed by atoms with Crippen LogP contribution in [0.25, 0.3) is 10.9 Å². The van der Waals surface area contributed by atoms with Gasteiger partial charge in [-0.05, 0) is 48.1 Å². The molecular formula is C26H29N3O4. The van der Waals surface area contributed by atoms with Gasteiger partial charge in [0.15, 0.2) is 0 Å². The summed E-state index contributed by atoms with van der Waals surface area (Å²) in [6.45, 7) is 3.53. The first-order valence-corrected chi connectivity index (χ1v) is 10.9. The molecule has 0 aliphatic carbocycles. The summed E-state index contributed by atoms with van der Waals surface area (Å²) in [7, 11) is 1.83. The Morgan fingerprint density at radius 2 is 1.91 bits per heavy atom. The molecule has 1 N–H and O–H groups in total.